The number of nitrogens with zero attached hydrogens (tertiary/aromatic N) is 1. The van der Waals surface area contributed by atoms with E-state index in [1.54, 1.807) is 0 Å². The van der Waals surface area contributed by atoms with Crippen LogP contribution in [-0.4, -0.2) is 19.6 Å². The van der Waals surface area contributed by atoms with Gasteiger partial charge in [0.25, 0.3) is 0 Å². The fourth-order valence-corrected chi connectivity index (χ4v) is 8.58. The van der Waals surface area contributed by atoms with Crippen LogP contribution in [0.2, 0.25) is 0 Å². The van der Waals surface area contributed by atoms with Gasteiger partial charge in [-0.1, -0.05) is 0 Å². The number of pyridine rings is 1. The molecule has 0 aliphatic rings. The fraction of sp³-hybridized carbons (Fsp3) is 0. The van der Waals surface area contributed by atoms with Crippen molar-refractivity contribution in [1.29, 1.82) is 0 Å². The van der Waals surface area contributed by atoms with Crippen molar-refractivity contribution in [1.82, 2.24) is 4.98 Å². The van der Waals surface area contributed by atoms with E-state index in [9.17, 15) is 0 Å². The molecule has 1 heterocycles. The third-order valence-electron chi connectivity index (χ3n) is 3.06. The van der Waals surface area contributed by atoms with E-state index < -0.39 is 14.7 Å². The van der Waals surface area contributed by atoms with Crippen molar-refractivity contribution in [2.45, 2.75) is 0 Å². The number of hydrogen-bond donors (Lipinski definition) is 0. The third kappa shape index (κ3) is 3.31. The summed E-state index contributed by atoms with van der Waals surface area (Å²) in [4.78, 5) is 4.68. The summed E-state index contributed by atoms with van der Waals surface area (Å²) >= 11 is 5.65. The predicted molar refractivity (Wildman–Crippen MR) is 97.2 cm³/mol. The number of hydrogen-bond acceptors (Lipinski definition) is 1. The van der Waals surface area contributed by atoms with E-state index in [-0.39, 0.29) is 0 Å². The molecule has 0 aliphatic carbocycles. The van der Waals surface area contributed by atoms with Gasteiger partial charge in [0, 0.05) is 0 Å². The standard InChI is InChI=1S/C17H12AsBr2N/c19-15-11-12-21-17(16(15)20)18(13-7-3-1-4-8-13)14-9-5-2-6-10-14/h1-12H. The van der Waals surface area contributed by atoms with Crippen LogP contribution in [-0.2, 0) is 0 Å². The van der Waals surface area contributed by atoms with E-state index in [1.807, 2.05) is 12.3 Å². The zero-order valence-electron chi connectivity index (χ0n) is 11.1. The second-order valence-electron chi connectivity index (χ2n) is 4.44. The summed E-state index contributed by atoms with van der Waals surface area (Å²) in [5.74, 6) is 0. The van der Waals surface area contributed by atoms with Crippen LogP contribution in [0.5, 0.6) is 0 Å². The molecule has 104 valence electrons. The summed E-state index contributed by atoms with van der Waals surface area (Å²) < 4.78 is 6.04. The summed E-state index contributed by atoms with van der Waals surface area (Å²) in [5.41, 5.74) is 0. The van der Waals surface area contributed by atoms with Crippen LogP contribution in [0.3, 0.4) is 0 Å². The van der Waals surface area contributed by atoms with Crippen LogP contribution in [0.4, 0.5) is 0 Å². The molecule has 0 aliphatic heterocycles. The number of halogens is 2. The van der Waals surface area contributed by atoms with Gasteiger partial charge >= 0.3 is 147 Å². The molecule has 3 aromatic rings. The molecule has 0 fully saturated rings. The molecule has 0 saturated heterocycles. The van der Waals surface area contributed by atoms with E-state index >= 15 is 0 Å². The SMILES string of the molecule is Brc1ccnc([As](c2ccccc2)c2ccccc2)c1Br. The average molecular weight is 465 g/mol. The second-order valence-corrected chi connectivity index (χ2v) is 10.5. The van der Waals surface area contributed by atoms with Crippen LogP contribution >= 0.6 is 31.9 Å². The average Bonchev–Trinajstić information content (AvgIpc) is 2.54. The van der Waals surface area contributed by atoms with Gasteiger partial charge in [0.2, 0.25) is 0 Å². The van der Waals surface area contributed by atoms with Crippen molar-refractivity contribution < 1.29 is 0 Å². The maximum atomic E-state index is 4.68. The summed E-state index contributed by atoms with van der Waals surface area (Å²) in [5, 5.41) is 0. The fourth-order valence-electron chi connectivity index (χ4n) is 2.11. The predicted octanol–water partition coefficient (Wildman–Crippen LogP) is 3.12. The monoisotopic (exact) mass is 463 g/mol. The van der Waals surface area contributed by atoms with Crippen molar-refractivity contribution >= 4 is 59.7 Å². The molecular weight excluding hydrogens is 453 g/mol. The zero-order valence-corrected chi connectivity index (χ0v) is 16.1. The summed E-state index contributed by atoms with van der Waals surface area (Å²) in [7, 11) is 0. The molecule has 2 aromatic carbocycles. The van der Waals surface area contributed by atoms with Crippen LogP contribution in [0.15, 0.2) is 81.9 Å². The Morgan fingerprint density at radius 2 is 1.24 bits per heavy atom. The van der Waals surface area contributed by atoms with Crippen LogP contribution < -0.4 is 13.2 Å². The minimum atomic E-state index is -1.65. The van der Waals surface area contributed by atoms with Gasteiger partial charge < -0.3 is 0 Å². The maximum absolute atomic E-state index is 4.68. The molecule has 0 unspecified atom stereocenters. The van der Waals surface area contributed by atoms with Gasteiger partial charge in [0.1, 0.15) is 0 Å². The number of benzene rings is 2. The molecule has 0 atom stereocenters. The third-order valence-corrected chi connectivity index (χ3v) is 10.7. The Balaban J connectivity index is 2.20. The molecule has 0 saturated carbocycles. The first kappa shape index (κ1) is 15.0. The van der Waals surface area contributed by atoms with E-state index in [0.29, 0.717) is 0 Å². The molecule has 3 rings (SSSR count). The van der Waals surface area contributed by atoms with Gasteiger partial charge in [-0.2, -0.15) is 0 Å². The van der Waals surface area contributed by atoms with Crippen molar-refractivity contribution in [3.05, 3.63) is 81.9 Å². The first-order chi connectivity index (χ1) is 10.3. The van der Waals surface area contributed by atoms with Crippen LogP contribution in [0.1, 0.15) is 0 Å². The molecule has 1 nitrogen and oxygen atoms in total. The second kappa shape index (κ2) is 6.91. The molecule has 21 heavy (non-hydrogen) atoms. The Labute approximate surface area is 146 Å². The van der Waals surface area contributed by atoms with Crippen molar-refractivity contribution in [2.24, 2.45) is 0 Å². The van der Waals surface area contributed by atoms with Gasteiger partial charge in [-0.05, 0) is 0 Å². The first-order valence-corrected chi connectivity index (χ1v) is 10.9. The summed E-state index contributed by atoms with van der Waals surface area (Å²) in [6.45, 7) is 0. The molecule has 0 bridgehead atoms. The van der Waals surface area contributed by atoms with Crippen molar-refractivity contribution in [3.8, 4) is 0 Å². The van der Waals surface area contributed by atoms with E-state index in [1.165, 1.54) is 8.70 Å². The van der Waals surface area contributed by atoms with Gasteiger partial charge in [0.15, 0.2) is 0 Å². The van der Waals surface area contributed by atoms with Gasteiger partial charge in [0.05, 0.1) is 0 Å². The molecule has 4 heteroatoms. The van der Waals surface area contributed by atoms with Gasteiger partial charge in [-0.15, -0.1) is 0 Å². The van der Waals surface area contributed by atoms with Crippen LogP contribution in [0.25, 0.3) is 0 Å². The summed E-state index contributed by atoms with van der Waals surface area (Å²) in [6, 6.07) is 23.3. The topological polar surface area (TPSA) is 12.9 Å². The normalized spacial score (nSPS) is 10.8. The Bertz CT molecular complexity index is 693. The van der Waals surface area contributed by atoms with Gasteiger partial charge in [-0.25, -0.2) is 0 Å². The first-order valence-electron chi connectivity index (χ1n) is 6.47. The van der Waals surface area contributed by atoms with Crippen molar-refractivity contribution in [3.63, 3.8) is 0 Å². The molecule has 0 amide bonds. The Kier molecular flexibility index (Phi) is 4.94. The molecule has 0 spiro atoms. The van der Waals surface area contributed by atoms with Crippen LogP contribution in [0, 0.1) is 0 Å². The minimum absolute atomic E-state index is 1.05. The zero-order chi connectivity index (χ0) is 14.7. The Hall–Kier alpha value is -0.892. The number of rotatable bonds is 3. The number of aromatic nitrogens is 1. The van der Waals surface area contributed by atoms with Gasteiger partial charge in [-0.3, -0.25) is 0 Å². The molecule has 1 aromatic heterocycles. The molecule has 0 radical (unpaired) electrons. The Morgan fingerprint density at radius 3 is 1.76 bits per heavy atom. The van der Waals surface area contributed by atoms with E-state index in [0.717, 1.165) is 13.4 Å². The molecular formula is C17H12AsBr2N. The summed E-state index contributed by atoms with van der Waals surface area (Å²) in [6.07, 6.45) is 1.87. The Morgan fingerprint density at radius 1 is 0.714 bits per heavy atom. The van der Waals surface area contributed by atoms with Crippen molar-refractivity contribution in [2.75, 3.05) is 0 Å². The van der Waals surface area contributed by atoms with E-state index in [2.05, 4.69) is 97.5 Å². The molecule has 0 N–H and O–H groups in total. The van der Waals surface area contributed by atoms with E-state index in [4.69, 9.17) is 0 Å². The quantitative estimate of drug-likeness (QED) is 0.543.